The highest BCUT2D eigenvalue weighted by atomic mass is 16.5. The largest absolute Gasteiger partial charge is 0.487 e. The summed E-state index contributed by atoms with van der Waals surface area (Å²) in [6.07, 6.45) is 4.14. The number of carbonyl (C=O) groups excluding carboxylic acids is 1. The first-order chi connectivity index (χ1) is 11.0. The molecule has 0 aliphatic heterocycles. The molecule has 0 saturated heterocycles. The standard InChI is InChI=1S/C17H24N4O2/c1-5-16-13(3)20-21(14(16)4)11-17(22)19-9-12(2)23-15-7-6-8-18-10-15/h6-8,10,12H,5,9,11H2,1-4H3,(H,19,22)/t12-/m1/s1. The van der Waals surface area contributed by atoms with Crippen LogP contribution in [0, 0.1) is 13.8 Å². The van der Waals surface area contributed by atoms with Gasteiger partial charge < -0.3 is 10.1 Å². The van der Waals surface area contributed by atoms with Crippen LogP contribution in [0.15, 0.2) is 24.5 Å². The predicted molar refractivity (Wildman–Crippen MR) is 88.4 cm³/mol. The van der Waals surface area contributed by atoms with Crippen molar-refractivity contribution in [3.63, 3.8) is 0 Å². The van der Waals surface area contributed by atoms with Gasteiger partial charge in [-0.3, -0.25) is 14.5 Å². The first-order valence-corrected chi connectivity index (χ1v) is 7.87. The summed E-state index contributed by atoms with van der Waals surface area (Å²) in [6, 6.07) is 3.66. The lowest BCUT2D eigenvalue weighted by molar-refractivity contribution is -0.122. The zero-order chi connectivity index (χ0) is 16.8. The number of rotatable bonds is 7. The van der Waals surface area contributed by atoms with E-state index in [2.05, 4.69) is 22.3 Å². The van der Waals surface area contributed by atoms with Crippen LogP contribution >= 0.6 is 0 Å². The summed E-state index contributed by atoms with van der Waals surface area (Å²) in [4.78, 5) is 16.1. The highest BCUT2D eigenvalue weighted by Gasteiger charge is 2.13. The molecule has 2 rings (SSSR count). The molecule has 1 amide bonds. The van der Waals surface area contributed by atoms with Crippen molar-refractivity contribution in [1.29, 1.82) is 0 Å². The zero-order valence-corrected chi connectivity index (χ0v) is 14.2. The van der Waals surface area contributed by atoms with E-state index in [0.29, 0.717) is 12.3 Å². The highest BCUT2D eigenvalue weighted by Crippen LogP contribution is 2.13. The third-order valence-corrected chi connectivity index (χ3v) is 3.74. The van der Waals surface area contributed by atoms with Crippen LogP contribution in [0.5, 0.6) is 5.75 Å². The Balaban J connectivity index is 1.83. The molecule has 6 heteroatoms. The van der Waals surface area contributed by atoms with Gasteiger partial charge in [0.15, 0.2) is 0 Å². The van der Waals surface area contributed by atoms with Crippen molar-refractivity contribution >= 4 is 5.91 Å². The second-order valence-corrected chi connectivity index (χ2v) is 5.58. The molecule has 0 fully saturated rings. The summed E-state index contributed by atoms with van der Waals surface area (Å²) in [7, 11) is 0. The van der Waals surface area contributed by atoms with Gasteiger partial charge in [0, 0.05) is 11.9 Å². The highest BCUT2D eigenvalue weighted by molar-refractivity contribution is 5.75. The van der Waals surface area contributed by atoms with Crippen LogP contribution in [0.2, 0.25) is 0 Å². The molecule has 1 N–H and O–H groups in total. The average Bonchev–Trinajstić information content (AvgIpc) is 2.80. The number of nitrogens with one attached hydrogen (secondary N) is 1. The number of nitrogens with zero attached hydrogens (tertiary/aromatic N) is 3. The maximum atomic E-state index is 12.1. The minimum Gasteiger partial charge on any atom is -0.487 e. The molecule has 6 nitrogen and oxygen atoms in total. The molecule has 0 unspecified atom stereocenters. The summed E-state index contributed by atoms with van der Waals surface area (Å²) in [6.45, 7) is 8.65. The Bertz CT molecular complexity index is 652. The summed E-state index contributed by atoms with van der Waals surface area (Å²) >= 11 is 0. The van der Waals surface area contributed by atoms with Gasteiger partial charge >= 0.3 is 0 Å². The van der Waals surface area contributed by atoms with Crippen molar-refractivity contribution in [1.82, 2.24) is 20.1 Å². The summed E-state index contributed by atoms with van der Waals surface area (Å²) < 4.78 is 7.44. The minimum absolute atomic E-state index is 0.0695. The summed E-state index contributed by atoms with van der Waals surface area (Å²) in [5.74, 6) is 0.625. The smallest absolute Gasteiger partial charge is 0.241 e. The Kier molecular flexibility index (Phi) is 5.73. The number of aryl methyl sites for hydroxylation is 1. The van der Waals surface area contributed by atoms with E-state index < -0.39 is 0 Å². The molecule has 0 saturated carbocycles. The monoisotopic (exact) mass is 316 g/mol. The Morgan fingerprint density at radius 2 is 2.22 bits per heavy atom. The average molecular weight is 316 g/mol. The molecule has 0 radical (unpaired) electrons. The van der Waals surface area contributed by atoms with Gasteiger partial charge in [0.2, 0.25) is 5.91 Å². The number of amides is 1. The molecule has 0 bridgehead atoms. The summed E-state index contributed by atoms with van der Waals surface area (Å²) in [5, 5.41) is 7.31. The first-order valence-electron chi connectivity index (χ1n) is 7.87. The Labute approximate surface area is 136 Å². The molecule has 0 aliphatic carbocycles. The normalized spacial score (nSPS) is 12.0. The number of ether oxygens (including phenoxy) is 1. The van der Waals surface area contributed by atoms with Gasteiger partial charge in [-0.15, -0.1) is 0 Å². The number of carbonyl (C=O) groups is 1. The fraction of sp³-hybridized carbons (Fsp3) is 0.471. The van der Waals surface area contributed by atoms with Gasteiger partial charge in [0.1, 0.15) is 18.4 Å². The van der Waals surface area contributed by atoms with Crippen molar-refractivity contribution < 1.29 is 9.53 Å². The quantitative estimate of drug-likeness (QED) is 0.849. The van der Waals surface area contributed by atoms with E-state index in [9.17, 15) is 4.79 Å². The van der Waals surface area contributed by atoms with Gasteiger partial charge in [-0.1, -0.05) is 6.92 Å². The zero-order valence-electron chi connectivity index (χ0n) is 14.2. The Morgan fingerprint density at radius 1 is 1.43 bits per heavy atom. The lowest BCUT2D eigenvalue weighted by Crippen LogP contribution is -2.36. The molecule has 0 aliphatic rings. The van der Waals surface area contributed by atoms with E-state index in [-0.39, 0.29) is 18.6 Å². The van der Waals surface area contributed by atoms with Crippen molar-refractivity contribution in [2.75, 3.05) is 6.54 Å². The molecular weight excluding hydrogens is 292 g/mol. The third kappa shape index (κ3) is 4.55. The van der Waals surface area contributed by atoms with Crippen molar-refractivity contribution in [3.8, 4) is 5.75 Å². The topological polar surface area (TPSA) is 69.0 Å². The van der Waals surface area contributed by atoms with Gasteiger partial charge in [0.05, 0.1) is 18.4 Å². The lowest BCUT2D eigenvalue weighted by atomic mass is 10.1. The fourth-order valence-corrected chi connectivity index (χ4v) is 2.54. The molecule has 0 spiro atoms. The van der Waals surface area contributed by atoms with Crippen LogP contribution in [0.4, 0.5) is 0 Å². The second-order valence-electron chi connectivity index (χ2n) is 5.58. The molecule has 2 heterocycles. The van der Waals surface area contributed by atoms with Crippen molar-refractivity contribution in [3.05, 3.63) is 41.5 Å². The van der Waals surface area contributed by atoms with E-state index in [1.807, 2.05) is 32.9 Å². The predicted octanol–water partition coefficient (Wildman–Crippen LogP) is 2.04. The van der Waals surface area contributed by atoms with E-state index in [1.54, 1.807) is 17.1 Å². The second kappa shape index (κ2) is 7.76. The molecule has 23 heavy (non-hydrogen) atoms. The molecule has 2 aromatic heterocycles. The van der Waals surface area contributed by atoms with Crippen LogP contribution in [0.3, 0.4) is 0 Å². The van der Waals surface area contributed by atoms with Crippen LogP contribution in [-0.4, -0.2) is 33.3 Å². The number of pyridine rings is 1. The number of hydrogen-bond acceptors (Lipinski definition) is 4. The first kappa shape index (κ1) is 17.0. The van der Waals surface area contributed by atoms with Crippen LogP contribution in [0.1, 0.15) is 30.8 Å². The number of hydrogen-bond donors (Lipinski definition) is 1. The molecule has 2 aromatic rings. The fourth-order valence-electron chi connectivity index (χ4n) is 2.54. The van der Waals surface area contributed by atoms with Gasteiger partial charge in [-0.2, -0.15) is 5.10 Å². The lowest BCUT2D eigenvalue weighted by Gasteiger charge is -2.15. The minimum atomic E-state index is -0.130. The van der Waals surface area contributed by atoms with Gasteiger partial charge in [-0.25, -0.2) is 0 Å². The van der Waals surface area contributed by atoms with E-state index in [0.717, 1.165) is 17.8 Å². The van der Waals surface area contributed by atoms with Crippen molar-refractivity contribution in [2.24, 2.45) is 0 Å². The molecule has 0 aromatic carbocycles. The number of aromatic nitrogens is 3. The van der Waals surface area contributed by atoms with Gasteiger partial charge in [0.25, 0.3) is 0 Å². The third-order valence-electron chi connectivity index (χ3n) is 3.74. The molecule has 1 atom stereocenters. The Morgan fingerprint density at radius 3 is 2.83 bits per heavy atom. The van der Waals surface area contributed by atoms with Crippen molar-refractivity contribution in [2.45, 2.75) is 46.8 Å². The van der Waals surface area contributed by atoms with E-state index >= 15 is 0 Å². The maximum absolute atomic E-state index is 12.1. The Hall–Kier alpha value is -2.37. The molecular formula is C17H24N4O2. The van der Waals surface area contributed by atoms with E-state index in [1.165, 1.54) is 5.56 Å². The van der Waals surface area contributed by atoms with Crippen LogP contribution < -0.4 is 10.1 Å². The SMILES string of the molecule is CCc1c(C)nn(CC(=O)NC[C@@H](C)Oc2cccnc2)c1C. The van der Waals surface area contributed by atoms with Crippen LogP contribution in [0.25, 0.3) is 0 Å². The van der Waals surface area contributed by atoms with Crippen LogP contribution in [-0.2, 0) is 17.8 Å². The van der Waals surface area contributed by atoms with E-state index in [4.69, 9.17) is 4.74 Å². The van der Waals surface area contributed by atoms with Gasteiger partial charge in [-0.05, 0) is 44.9 Å². The molecule has 124 valence electrons. The summed E-state index contributed by atoms with van der Waals surface area (Å²) in [5.41, 5.74) is 3.26. The maximum Gasteiger partial charge on any atom is 0.241 e.